The molecule has 3 heterocycles. The molecule has 9 nitrogen and oxygen atoms in total. The lowest BCUT2D eigenvalue weighted by atomic mass is 9.92. The predicted octanol–water partition coefficient (Wildman–Crippen LogP) is 4.15. The zero-order valence-electron chi connectivity index (χ0n) is 22.2. The van der Waals surface area contributed by atoms with Gasteiger partial charge in [-0.25, -0.2) is 8.42 Å². The molecular weight excluding hydrogens is 534 g/mol. The number of ether oxygens (including phenoxy) is 3. The van der Waals surface area contributed by atoms with Crippen molar-refractivity contribution in [1.82, 2.24) is 5.06 Å². The van der Waals surface area contributed by atoms with Crippen LogP contribution in [0.5, 0.6) is 23.0 Å². The fraction of sp³-hybridized carbons (Fsp3) is 0.367. The Morgan fingerprint density at radius 3 is 2.65 bits per heavy atom. The van der Waals surface area contributed by atoms with Gasteiger partial charge in [0.05, 0.1) is 31.1 Å². The van der Waals surface area contributed by atoms with Crippen molar-refractivity contribution in [2.45, 2.75) is 32.3 Å². The van der Waals surface area contributed by atoms with Crippen LogP contribution in [0.25, 0.3) is 11.1 Å². The molecule has 0 bridgehead atoms. The summed E-state index contributed by atoms with van der Waals surface area (Å²) in [6.45, 7) is 4.00. The summed E-state index contributed by atoms with van der Waals surface area (Å²) in [6.07, 6.45) is 0.766. The van der Waals surface area contributed by atoms with Gasteiger partial charge < -0.3 is 24.2 Å². The standard InChI is InChI=1S/C30H31NO8S/c1-19-12-24(39-31-7-10-40(34,35)11-8-31)14-21-6-9-36-27-5-2-20(13-26(27)30(19)21)17-37-23-3-4-25-22(15-29(32)33)18-38-28(25)16-23/h2-5,12-14,16,22H,6-11,15,17-18H2,1H3,(H,32,33)/t22-/m1/s1. The summed E-state index contributed by atoms with van der Waals surface area (Å²) in [5, 5.41) is 10.8. The van der Waals surface area contributed by atoms with Gasteiger partial charge in [0.25, 0.3) is 0 Å². The Morgan fingerprint density at radius 2 is 1.85 bits per heavy atom. The zero-order chi connectivity index (χ0) is 27.9. The number of sulfone groups is 1. The lowest BCUT2D eigenvalue weighted by Crippen LogP contribution is -2.42. The smallest absolute Gasteiger partial charge is 0.304 e. The van der Waals surface area contributed by atoms with E-state index in [0.29, 0.717) is 50.2 Å². The number of hydrogen-bond acceptors (Lipinski definition) is 8. The average Bonchev–Trinajstić information content (AvgIpc) is 3.20. The highest BCUT2D eigenvalue weighted by Gasteiger charge is 2.27. The monoisotopic (exact) mass is 565 g/mol. The number of fused-ring (bicyclic) bond motifs is 4. The number of carboxylic acid groups (broad SMARTS) is 1. The first kappa shape index (κ1) is 26.5. The van der Waals surface area contributed by atoms with Gasteiger partial charge in [-0.15, -0.1) is 5.06 Å². The van der Waals surface area contributed by atoms with E-state index in [9.17, 15) is 13.2 Å². The quantitative estimate of drug-likeness (QED) is 0.452. The van der Waals surface area contributed by atoms with Crippen LogP contribution in [0.1, 0.15) is 34.6 Å². The van der Waals surface area contributed by atoms with Crippen LogP contribution >= 0.6 is 0 Å². The van der Waals surface area contributed by atoms with Crippen molar-refractivity contribution in [3.8, 4) is 34.1 Å². The number of carboxylic acids is 1. The zero-order valence-corrected chi connectivity index (χ0v) is 23.0. The SMILES string of the molecule is Cc1cc(ON2CCS(=O)(=O)CC2)cc2c1-c1cc(COc3ccc4c(c3)OC[C@H]4CC(=O)O)ccc1OCC2. The van der Waals surface area contributed by atoms with E-state index >= 15 is 0 Å². The second-order valence-corrected chi connectivity index (χ2v) is 12.8. The Labute approximate surface area is 233 Å². The Morgan fingerprint density at radius 1 is 1.02 bits per heavy atom. The minimum absolute atomic E-state index is 0.0431. The Balaban J connectivity index is 1.19. The van der Waals surface area contributed by atoms with Crippen molar-refractivity contribution in [2.24, 2.45) is 0 Å². The van der Waals surface area contributed by atoms with E-state index in [1.54, 1.807) is 5.06 Å². The molecular formula is C30H31NO8S. The summed E-state index contributed by atoms with van der Waals surface area (Å²) >= 11 is 0. The molecule has 1 atom stereocenters. The summed E-state index contributed by atoms with van der Waals surface area (Å²) in [4.78, 5) is 17.2. The molecule has 3 aliphatic rings. The molecule has 0 unspecified atom stereocenters. The Bertz CT molecular complexity index is 1550. The van der Waals surface area contributed by atoms with E-state index in [1.807, 2.05) is 49.4 Å². The first-order valence-corrected chi connectivity index (χ1v) is 15.2. The number of rotatable bonds is 7. The second-order valence-electron chi connectivity index (χ2n) is 10.5. The Kier molecular flexibility index (Phi) is 7.06. The average molecular weight is 566 g/mol. The van der Waals surface area contributed by atoms with E-state index in [-0.39, 0.29) is 23.8 Å². The van der Waals surface area contributed by atoms with Gasteiger partial charge in [0.15, 0.2) is 9.84 Å². The van der Waals surface area contributed by atoms with Crippen molar-refractivity contribution in [3.63, 3.8) is 0 Å². The van der Waals surface area contributed by atoms with Gasteiger partial charge in [0.1, 0.15) is 29.6 Å². The van der Waals surface area contributed by atoms with Crippen molar-refractivity contribution < 1.29 is 37.4 Å². The highest BCUT2D eigenvalue weighted by Crippen LogP contribution is 2.41. The Hall–Kier alpha value is -3.76. The van der Waals surface area contributed by atoms with Gasteiger partial charge in [-0.1, -0.05) is 12.1 Å². The molecule has 0 radical (unpaired) electrons. The minimum Gasteiger partial charge on any atom is -0.493 e. The third-order valence-corrected chi connectivity index (χ3v) is 9.17. The molecule has 40 heavy (non-hydrogen) atoms. The first-order valence-electron chi connectivity index (χ1n) is 13.4. The van der Waals surface area contributed by atoms with Crippen LogP contribution in [0.2, 0.25) is 0 Å². The van der Waals surface area contributed by atoms with Gasteiger partial charge in [-0.3, -0.25) is 4.79 Å². The maximum absolute atomic E-state index is 11.8. The molecule has 0 aliphatic carbocycles. The molecule has 0 spiro atoms. The highest BCUT2D eigenvalue weighted by molar-refractivity contribution is 7.91. The number of aliphatic carboxylic acids is 1. The molecule has 1 fully saturated rings. The van der Waals surface area contributed by atoms with Crippen LogP contribution in [0, 0.1) is 6.92 Å². The van der Waals surface area contributed by atoms with Gasteiger partial charge in [0.2, 0.25) is 0 Å². The molecule has 3 aliphatic heterocycles. The van der Waals surface area contributed by atoms with Gasteiger partial charge in [0, 0.05) is 42.6 Å². The lowest BCUT2D eigenvalue weighted by Gasteiger charge is -2.26. The molecule has 10 heteroatoms. The van der Waals surface area contributed by atoms with Crippen molar-refractivity contribution in [1.29, 1.82) is 0 Å². The number of benzene rings is 3. The van der Waals surface area contributed by atoms with Gasteiger partial charge in [-0.05, 0) is 59.5 Å². The number of nitrogens with zero attached hydrogens (tertiary/aromatic N) is 1. The highest BCUT2D eigenvalue weighted by atomic mass is 32.2. The minimum atomic E-state index is -2.98. The van der Waals surface area contributed by atoms with Crippen molar-refractivity contribution >= 4 is 15.8 Å². The third-order valence-electron chi connectivity index (χ3n) is 7.56. The van der Waals surface area contributed by atoms with E-state index in [1.165, 1.54) is 0 Å². The molecule has 3 aromatic carbocycles. The number of hydroxylamine groups is 2. The third kappa shape index (κ3) is 5.59. The van der Waals surface area contributed by atoms with Crippen molar-refractivity contribution in [2.75, 3.05) is 37.8 Å². The number of aryl methyl sites for hydroxylation is 1. The maximum Gasteiger partial charge on any atom is 0.304 e. The molecule has 6 rings (SSSR count). The number of hydrogen-bond donors (Lipinski definition) is 1. The van der Waals surface area contributed by atoms with Crippen molar-refractivity contribution in [3.05, 3.63) is 70.8 Å². The van der Waals surface area contributed by atoms with Crippen LogP contribution in [0.3, 0.4) is 0 Å². The summed E-state index contributed by atoms with van der Waals surface area (Å²) in [5.41, 5.74) is 6.15. The van der Waals surface area contributed by atoms with E-state index < -0.39 is 15.8 Å². The van der Waals surface area contributed by atoms with Crippen LogP contribution in [0.4, 0.5) is 0 Å². The van der Waals surface area contributed by atoms with E-state index in [4.69, 9.17) is 24.2 Å². The maximum atomic E-state index is 11.8. The molecule has 3 aromatic rings. The summed E-state index contributed by atoms with van der Waals surface area (Å²) in [5.74, 6) is 2.07. The van der Waals surface area contributed by atoms with E-state index in [0.717, 1.165) is 45.6 Å². The molecule has 0 saturated carbocycles. The molecule has 210 valence electrons. The summed E-state index contributed by atoms with van der Waals surface area (Å²) in [7, 11) is -2.98. The molecule has 1 saturated heterocycles. The van der Waals surface area contributed by atoms with Crippen LogP contribution < -0.4 is 19.0 Å². The second kappa shape index (κ2) is 10.7. The predicted molar refractivity (Wildman–Crippen MR) is 148 cm³/mol. The first-order chi connectivity index (χ1) is 19.2. The lowest BCUT2D eigenvalue weighted by molar-refractivity contribution is -0.137. The van der Waals surface area contributed by atoms with E-state index in [2.05, 4.69) is 6.07 Å². The normalized spacial score (nSPS) is 19.3. The fourth-order valence-electron chi connectivity index (χ4n) is 5.55. The fourth-order valence-corrected chi connectivity index (χ4v) is 6.72. The molecule has 0 aromatic heterocycles. The largest absolute Gasteiger partial charge is 0.493 e. The van der Waals surface area contributed by atoms with Crippen LogP contribution in [-0.4, -0.2) is 62.4 Å². The van der Waals surface area contributed by atoms with Crippen LogP contribution in [0.15, 0.2) is 48.5 Å². The summed E-state index contributed by atoms with van der Waals surface area (Å²) in [6, 6.07) is 15.6. The molecule has 1 N–H and O–H groups in total. The van der Waals surface area contributed by atoms with Gasteiger partial charge >= 0.3 is 5.97 Å². The summed E-state index contributed by atoms with van der Waals surface area (Å²) < 4.78 is 41.4. The number of carbonyl (C=O) groups is 1. The molecule has 0 amide bonds. The topological polar surface area (TPSA) is 112 Å². The van der Waals surface area contributed by atoms with Crippen LogP contribution in [-0.2, 0) is 27.7 Å². The van der Waals surface area contributed by atoms with Gasteiger partial charge in [-0.2, -0.15) is 0 Å².